The highest BCUT2D eigenvalue weighted by molar-refractivity contribution is 9.10. The molecular formula is C14H16BrN3O2S. The molecule has 0 heterocycles. The molecule has 5 N–H and O–H groups in total. The molecule has 2 aromatic carbocycles. The van der Waals surface area contributed by atoms with Crippen LogP contribution in [0.3, 0.4) is 0 Å². The monoisotopic (exact) mass is 369 g/mol. The Bertz CT molecular complexity index is 763. The predicted octanol–water partition coefficient (Wildman–Crippen LogP) is 2.85. The molecule has 0 radical (unpaired) electrons. The van der Waals surface area contributed by atoms with E-state index in [0.717, 1.165) is 10.0 Å². The Hall–Kier alpha value is -1.57. The minimum absolute atomic E-state index is 0.00792. The highest BCUT2D eigenvalue weighted by Crippen LogP contribution is 2.25. The molecule has 0 aliphatic rings. The summed E-state index contributed by atoms with van der Waals surface area (Å²) in [5.74, 6) is 0. The van der Waals surface area contributed by atoms with Crippen LogP contribution in [0.1, 0.15) is 18.5 Å². The molecule has 5 nitrogen and oxygen atoms in total. The SMILES string of the molecule is CC(Nc1cc(N)cc(S(N)(=O)=O)c1)c1cccc(Br)c1. The van der Waals surface area contributed by atoms with E-state index in [1.807, 2.05) is 31.2 Å². The van der Waals surface area contributed by atoms with Crippen LogP contribution in [0.5, 0.6) is 0 Å². The Balaban J connectivity index is 2.29. The van der Waals surface area contributed by atoms with Gasteiger partial charge in [-0.25, -0.2) is 13.6 Å². The lowest BCUT2D eigenvalue weighted by molar-refractivity contribution is 0.598. The Morgan fingerprint density at radius 3 is 2.52 bits per heavy atom. The van der Waals surface area contributed by atoms with Crippen LogP contribution in [0.2, 0.25) is 0 Å². The molecule has 0 bridgehead atoms. The normalized spacial score (nSPS) is 12.9. The van der Waals surface area contributed by atoms with Gasteiger partial charge in [-0.3, -0.25) is 0 Å². The summed E-state index contributed by atoms with van der Waals surface area (Å²) in [5.41, 5.74) is 7.73. The Morgan fingerprint density at radius 2 is 1.90 bits per heavy atom. The van der Waals surface area contributed by atoms with E-state index in [9.17, 15) is 8.42 Å². The molecule has 0 saturated carbocycles. The van der Waals surface area contributed by atoms with E-state index < -0.39 is 10.0 Å². The van der Waals surface area contributed by atoms with Gasteiger partial charge in [-0.1, -0.05) is 28.1 Å². The van der Waals surface area contributed by atoms with E-state index in [-0.39, 0.29) is 10.9 Å². The number of anilines is 2. The lowest BCUT2D eigenvalue weighted by Gasteiger charge is -2.17. The quantitative estimate of drug-likeness (QED) is 0.721. The van der Waals surface area contributed by atoms with E-state index in [4.69, 9.17) is 10.9 Å². The summed E-state index contributed by atoms with van der Waals surface area (Å²) in [6.45, 7) is 1.97. The van der Waals surface area contributed by atoms with E-state index in [0.29, 0.717) is 11.4 Å². The minimum Gasteiger partial charge on any atom is -0.399 e. The maximum absolute atomic E-state index is 11.4. The summed E-state index contributed by atoms with van der Waals surface area (Å²) in [5, 5.41) is 8.36. The summed E-state index contributed by atoms with van der Waals surface area (Å²) in [6, 6.07) is 12.3. The molecule has 1 unspecified atom stereocenters. The smallest absolute Gasteiger partial charge is 0.238 e. The Kier molecular flexibility index (Phi) is 4.55. The van der Waals surface area contributed by atoms with Crippen LogP contribution in [0.25, 0.3) is 0 Å². The maximum atomic E-state index is 11.4. The maximum Gasteiger partial charge on any atom is 0.238 e. The molecule has 0 aliphatic carbocycles. The molecule has 0 fully saturated rings. The molecule has 21 heavy (non-hydrogen) atoms. The minimum atomic E-state index is -3.78. The predicted molar refractivity (Wildman–Crippen MR) is 88.4 cm³/mol. The highest BCUT2D eigenvalue weighted by Gasteiger charge is 2.12. The van der Waals surface area contributed by atoms with Crippen LogP contribution >= 0.6 is 15.9 Å². The van der Waals surface area contributed by atoms with Gasteiger partial charge >= 0.3 is 0 Å². The van der Waals surface area contributed by atoms with Crippen molar-refractivity contribution >= 4 is 37.3 Å². The number of nitrogen functional groups attached to an aromatic ring is 1. The fourth-order valence-corrected chi connectivity index (χ4v) is 2.99. The number of hydrogen-bond donors (Lipinski definition) is 3. The molecule has 112 valence electrons. The third kappa shape index (κ3) is 4.20. The van der Waals surface area contributed by atoms with Gasteiger partial charge in [-0.05, 0) is 42.8 Å². The Morgan fingerprint density at radius 1 is 1.19 bits per heavy atom. The lowest BCUT2D eigenvalue weighted by atomic mass is 10.1. The van der Waals surface area contributed by atoms with Crippen LogP contribution in [0, 0.1) is 0 Å². The molecule has 0 saturated heterocycles. The van der Waals surface area contributed by atoms with Crippen LogP contribution in [0.15, 0.2) is 51.8 Å². The average Bonchev–Trinajstić information content (AvgIpc) is 2.37. The molecule has 2 aromatic rings. The van der Waals surface area contributed by atoms with E-state index in [2.05, 4.69) is 21.2 Å². The molecule has 0 aliphatic heterocycles. The topological polar surface area (TPSA) is 98.2 Å². The first-order valence-electron chi connectivity index (χ1n) is 6.21. The summed E-state index contributed by atoms with van der Waals surface area (Å²) in [4.78, 5) is -0.00792. The summed E-state index contributed by atoms with van der Waals surface area (Å²) >= 11 is 3.42. The van der Waals surface area contributed by atoms with Crippen molar-refractivity contribution in [3.8, 4) is 0 Å². The number of nitrogens with one attached hydrogen (secondary N) is 1. The van der Waals surface area contributed by atoms with Crippen molar-refractivity contribution in [1.29, 1.82) is 0 Å². The van der Waals surface area contributed by atoms with Gasteiger partial charge < -0.3 is 11.1 Å². The molecule has 2 rings (SSSR count). The zero-order valence-corrected chi connectivity index (χ0v) is 13.8. The number of rotatable bonds is 4. The first kappa shape index (κ1) is 15.8. The van der Waals surface area contributed by atoms with Gasteiger partial charge in [0.05, 0.1) is 4.90 Å². The second kappa shape index (κ2) is 6.05. The largest absolute Gasteiger partial charge is 0.399 e. The number of benzene rings is 2. The van der Waals surface area contributed by atoms with Crippen molar-refractivity contribution in [2.75, 3.05) is 11.1 Å². The van der Waals surface area contributed by atoms with Gasteiger partial charge in [0.15, 0.2) is 0 Å². The summed E-state index contributed by atoms with van der Waals surface area (Å²) < 4.78 is 23.8. The third-order valence-corrected chi connectivity index (χ3v) is 4.38. The number of halogens is 1. The first-order valence-corrected chi connectivity index (χ1v) is 8.55. The number of nitrogens with two attached hydrogens (primary N) is 2. The number of hydrogen-bond acceptors (Lipinski definition) is 4. The van der Waals surface area contributed by atoms with Crippen LogP contribution in [-0.4, -0.2) is 8.42 Å². The molecular weight excluding hydrogens is 354 g/mol. The third-order valence-electron chi connectivity index (χ3n) is 2.99. The van der Waals surface area contributed by atoms with E-state index in [1.165, 1.54) is 12.1 Å². The van der Waals surface area contributed by atoms with E-state index >= 15 is 0 Å². The van der Waals surface area contributed by atoms with Gasteiger partial charge in [0, 0.05) is 21.9 Å². The average molecular weight is 370 g/mol. The number of sulfonamides is 1. The Labute approximate surface area is 132 Å². The van der Waals surface area contributed by atoms with Crippen molar-refractivity contribution in [1.82, 2.24) is 0 Å². The fraction of sp³-hybridized carbons (Fsp3) is 0.143. The zero-order valence-electron chi connectivity index (χ0n) is 11.4. The highest BCUT2D eigenvalue weighted by atomic mass is 79.9. The summed E-state index contributed by atoms with van der Waals surface area (Å²) in [6.07, 6.45) is 0. The van der Waals surface area contributed by atoms with Gasteiger partial charge in [-0.15, -0.1) is 0 Å². The molecule has 1 atom stereocenters. The van der Waals surface area contributed by atoms with Crippen molar-refractivity contribution in [3.05, 3.63) is 52.5 Å². The number of primary sulfonamides is 1. The van der Waals surface area contributed by atoms with Crippen molar-refractivity contribution in [2.24, 2.45) is 5.14 Å². The fourth-order valence-electron chi connectivity index (χ4n) is 1.98. The molecule has 7 heteroatoms. The summed E-state index contributed by atoms with van der Waals surface area (Å²) in [7, 11) is -3.78. The van der Waals surface area contributed by atoms with Crippen LogP contribution in [-0.2, 0) is 10.0 Å². The van der Waals surface area contributed by atoms with Crippen LogP contribution in [0.4, 0.5) is 11.4 Å². The van der Waals surface area contributed by atoms with Crippen LogP contribution < -0.4 is 16.2 Å². The zero-order chi connectivity index (χ0) is 15.6. The van der Waals surface area contributed by atoms with E-state index in [1.54, 1.807) is 6.07 Å². The van der Waals surface area contributed by atoms with Gasteiger partial charge in [0.1, 0.15) is 0 Å². The second-order valence-electron chi connectivity index (χ2n) is 4.76. The van der Waals surface area contributed by atoms with Gasteiger partial charge in [0.2, 0.25) is 10.0 Å². The van der Waals surface area contributed by atoms with Crippen molar-refractivity contribution in [3.63, 3.8) is 0 Å². The molecule has 0 amide bonds. The molecule has 0 spiro atoms. The first-order chi connectivity index (χ1) is 9.75. The second-order valence-corrected chi connectivity index (χ2v) is 7.23. The standard InChI is InChI=1S/C14H16BrN3O2S/c1-9(10-3-2-4-11(15)5-10)18-13-6-12(16)7-14(8-13)21(17,19)20/h2-9,18H,16H2,1H3,(H2,17,19,20). The van der Waals surface area contributed by atoms with Crippen molar-refractivity contribution < 1.29 is 8.42 Å². The van der Waals surface area contributed by atoms with Crippen molar-refractivity contribution in [2.45, 2.75) is 17.9 Å². The van der Waals surface area contributed by atoms with Gasteiger partial charge in [-0.2, -0.15) is 0 Å². The lowest BCUT2D eigenvalue weighted by Crippen LogP contribution is -2.14. The van der Waals surface area contributed by atoms with Gasteiger partial charge in [0.25, 0.3) is 0 Å². The molecule has 0 aromatic heterocycles.